The maximum Gasteiger partial charge on any atom is 0.261 e. The quantitative estimate of drug-likeness (QED) is 0.428. The van der Waals surface area contributed by atoms with Gasteiger partial charge in [-0.2, -0.15) is 5.26 Å². The predicted molar refractivity (Wildman–Crippen MR) is 127 cm³/mol. The second-order valence-electron chi connectivity index (χ2n) is 8.72. The Morgan fingerprint density at radius 1 is 1.24 bits per heavy atom. The Morgan fingerprint density at radius 2 is 2.03 bits per heavy atom. The number of sulfonamides is 1. The van der Waals surface area contributed by atoms with E-state index >= 15 is 0 Å². The van der Waals surface area contributed by atoms with Crippen LogP contribution < -0.4 is 15.4 Å². The molecule has 2 aliphatic heterocycles. The molecule has 2 aliphatic rings. The van der Waals surface area contributed by atoms with Crippen LogP contribution in [0.1, 0.15) is 29.5 Å². The second-order valence-corrected chi connectivity index (χ2v) is 10.4. The van der Waals surface area contributed by atoms with Crippen molar-refractivity contribution in [3.05, 3.63) is 59.3 Å². The average Bonchev–Trinajstić information content (AvgIpc) is 3.54. The van der Waals surface area contributed by atoms with Gasteiger partial charge in [0.1, 0.15) is 6.07 Å². The van der Waals surface area contributed by atoms with E-state index in [1.54, 1.807) is 30.5 Å². The Morgan fingerprint density at radius 3 is 2.76 bits per heavy atom. The summed E-state index contributed by atoms with van der Waals surface area (Å²) < 4.78 is 34.2. The van der Waals surface area contributed by atoms with Crippen LogP contribution in [0, 0.1) is 18.3 Å². The molecule has 0 spiro atoms. The summed E-state index contributed by atoms with van der Waals surface area (Å²) in [7, 11) is -3.85. The van der Waals surface area contributed by atoms with Gasteiger partial charge >= 0.3 is 0 Å². The van der Waals surface area contributed by atoms with E-state index in [2.05, 4.69) is 26.4 Å². The summed E-state index contributed by atoms with van der Waals surface area (Å²) in [6, 6.07) is 11.9. The molecule has 0 aliphatic carbocycles. The molecule has 3 aromatic rings. The van der Waals surface area contributed by atoms with Crippen LogP contribution in [0.5, 0.6) is 0 Å². The molecule has 4 N–H and O–H groups in total. The number of carbonyl (C=O) groups excluding carboxylic acids is 1. The summed E-state index contributed by atoms with van der Waals surface area (Å²) in [4.78, 5) is 15.6. The van der Waals surface area contributed by atoms with Crippen molar-refractivity contribution < 1.29 is 17.9 Å². The number of aromatic amines is 1. The topological polar surface area (TPSA) is 136 Å². The van der Waals surface area contributed by atoms with Gasteiger partial charge < -0.3 is 20.4 Å². The summed E-state index contributed by atoms with van der Waals surface area (Å²) >= 11 is 0. The number of aromatic nitrogens is 1. The van der Waals surface area contributed by atoms with Gasteiger partial charge in [-0.15, -0.1) is 0 Å². The summed E-state index contributed by atoms with van der Waals surface area (Å²) in [6.45, 7) is 2.91. The van der Waals surface area contributed by atoms with Gasteiger partial charge in [-0.3, -0.25) is 9.52 Å². The molecule has 1 amide bonds. The highest BCUT2D eigenvalue weighted by Crippen LogP contribution is 2.30. The van der Waals surface area contributed by atoms with Crippen LogP contribution in [0.25, 0.3) is 10.9 Å². The number of fused-ring (bicyclic) bond motifs is 2. The third-order valence-corrected chi connectivity index (χ3v) is 7.90. The maximum atomic E-state index is 13.0. The molecule has 9 nitrogen and oxygen atoms in total. The molecule has 1 aromatic heterocycles. The van der Waals surface area contributed by atoms with Crippen LogP contribution in [-0.2, 0) is 26.1 Å². The highest BCUT2D eigenvalue weighted by atomic mass is 32.2. The largest absolute Gasteiger partial charge is 0.376 e. The highest BCUT2D eigenvalue weighted by molar-refractivity contribution is 7.92. The molecule has 5 rings (SSSR count). The van der Waals surface area contributed by atoms with Gasteiger partial charge in [0, 0.05) is 30.8 Å². The first-order valence-corrected chi connectivity index (χ1v) is 12.6. The minimum absolute atomic E-state index is 0.0811. The van der Waals surface area contributed by atoms with E-state index in [4.69, 9.17) is 4.74 Å². The number of rotatable bonds is 6. The van der Waals surface area contributed by atoms with Gasteiger partial charge in [-0.25, -0.2) is 8.42 Å². The Hall–Kier alpha value is -3.39. The van der Waals surface area contributed by atoms with Gasteiger partial charge in [0.25, 0.3) is 10.0 Å². The van der Waals surface area contributed by atoms with Crippen molar-refractivity contribution >= 4 is 32.5 Å². The molecule has 3 atom stereocenters. The molecule has 0 unspecified atom stereocenters. The fourth-order valence-electron chi connectivity index (χ4n) is 4.71. The molecule has 2 saturated heterocycles. The van der Waals surface area contributed by atoms with Crippen molar-refractivity contribution in [1.82, 2.24) is 15.6 Å². The summed E-state index contributed by atoms with van der Waals surface area (Å²) in [5.74, 6) is -0.0811. The minimum atomic E-state index is -3.85. The minimum Gasteiger partial charge on any atom is -0.376 e. The zero-order chi connectivity index (χ0) is 23.9. The standard InChI is InChI=1S/C24H25N5O4S/c1-14-2-7-19(23-22(14)16(11-25)13-26-23)29-34(31,32)17-5-3-15(4-6-17)12-27-24(30)20-10-21-18(28-20)8-9-33-21/h2-7,13,18,20-21,26,28-29H,8-10,12H2,1H3,(H,27,30)/t18-,20-,21-/m0/s1. The smallest absolute Gasteiger partial charge is 0.261 e. The van der Waals surface area contributed by atoms with Gasteiger partial charge in [-0.1, -0.05) is 18.2 Å². The lowest BCUT2D eigenvalue weighted by molar-refractivity contribution is -0.123. The number of nitrogens with zero attached hydrogens (tertiary/aromatic N) is 1. The molecular weight excluding hydrogens is 454 g/mol. The monoisotopic (exact) mass is 479 g/mol. The summed E-state index contributed by atoms with van der Waals surface area (Å²) in [6.07, 6.45) is 3.27. The molecule has 0 bridgehead atoms. The average molecular weight is 480 g/mol. The number of ether oxygens (including phenoxy) is 1. The van der Waals surface area contributed by atoms with Crippen LogP contribution in [0.3, 0.4) is 0 Å². The Bertz CT molecular complexity index is 1380. The third kappa shape index (κ3) is 4.14. The number of aryl methyl sites for hydroxylation is 1. The molecule has 2 aromatic carbocycles. The van der Waals surface area contributed by atoms with Crippen molar-refractivity contribution in [1.29, 1.82) is 5.26 Å². The molecule has 2 fully saturated rings. The number of nitrogens with one attached hydrogen (secondary N) is 4. The van der Waals surface area contributed by atoms with Crippen LogP contribution >= 0.6 is 0 Å². The fraction of sp³-hybridized carbons (Fsp3) is 0.333. The number of benzene rings is 2. The van der Waals surface area contributed by atoms with Gasteiger partial charge in [0.2, 0.25) is 5.91 Å². The van der Waals surface area contributed by atoms with Crippen molar-refractivity contribution in [2.24, 2.45) is 0 Å². The lowest BCUT2D eigenvalue weighted by atomic mass is 10.1. The highest BCUT2D eigenvalue weighted by Gasteiger charge is 2.40. The van der Waals surface area contributed by atoms with Gasteiger partial charge in [-0.05, 0) is 49.1 Å². The van der Waals surface area contributed by atoms with Crippen LogP contribution in [0.4, 0.5) is 5.69 Å². The van der Waals surface area contributed by atoms with Gasteiger partial charge in [0.15, 0.2) is 0 Å². The number of nitriles is 1. The zero-order valence-electron chi connectivity index (χ0n) is 18.6. The second kappa shape index (κ2) is 8.76. The molecule has 0 saturated carbocycles. The summed E-state index contributed by atoms with van der Waals surface area (Å²) in [5, 5.41) is 16.2. The first-order valence-electron chi connectivity index (χ1n) is 11.1. The van der Waals surface area contributed by atoms with Gasteiger partial charge in [0.05, 0.1) is 33.8 Å². The lowest BCUT2D eigenvalue weighted by Gasteiger charge is -2.13. The van der Waals surface area contributed by atoms with Crippen molar-refractivity contribution in [2.45, 2.75) is 49.4 Å². The number of carbonyl (C=O) groups is 1. The maximum absolute atomic E-state index is 13.0. The van der Waals surface area contributed by atoms with Crippen molar-refractivity contribution in [2.75, 3.05) is 11.3 Å². The van der Waals surface area contributed by atoms with Crippen LogP contribution in [-0.4, -0.2) is 44.1 Å². The van der Waals surface area contributed by atoms with Crippen LogP contribution in [0.2, 0.25) is 0 Å². The molecule has 34 heavy (non-hydrogen) atoms. The number of anilines is 1. The molecule has 176 valence electrons. The van der Waals surface area contributed by atoms with E-state index in [0.717, 1.165) is 24.2 Å². The van der Waals surface area contributed by atoms with Crippen molar-refractivity contribution in [3.8, 4) is 6.07 Å². The SMILES string of the molecule is Cc1ccc(NS(=O)(=O)c2ccc(CNC(=O)[C@@H]3C[C@@H]4OCC[C@@H]4N3)cc2)c2[nH]cc(C#N)c12. The number of hydrogen-bond donors (Lipinski definition) is 4. The first kappa shape index (κ1) is 22.4. The Balaban J connectivity index is 1.25. The normalized spacial score (nSPS) is 21.8. The predicted octanol–water partition coefficient (Wildman–Crippen LogP) is 2.28. The number of amides is 1. The van der Waals surface area contributed by atoms with E-state index in [9.17, 15) is 18.5 Å². The zero-order valence-corrected chi connectivity index (χ0v) is 19.4. The Labute approximate surface area is 197 Å². The molecular formula is C24H25N5O4S. The lowest BCUT2D eigenvalue weighted by Crippen LogP contribution is -2.42. The molecule has 0 radical (unpaired) electrons. The summed E-state index contributed by atoms with van der Waals surface area (Å²) in [5.41, 5.74) is 3.07. The number of H-pyrrole nitrogens is 1. The first-order chi connectivity index (χ1) is 16.4. The van der Waals surface area contributed by atoms with E-state index in [1.165, 1.54) is 12.1 Å². The molecule has 3 heterocycles. The van der Waals surface area contributed by atoms with Crippen molar-refractivity contribution in [3.63, 3.8) is 0 Å². The molecule has 10 heteroatoms. The van der Waals surface area contributed by atoms with E-state index in [-0.39, 0.29) is 29.0 Å². The van der Waals surface area contributed by atoms with Crippen LogP contribution in [0.15, 0.2) is 47.5 Å². The fourth-order valence-corrected chi connectivity index (χ4v) is 5.78. The van der Waals surface area contributed by atoms with E-state index in [0.29, 0.717) is 35.1 Å². The Kier molecular flexibility index (Phi) is 5.77. The third-order valence-electron chi connectivity index (χ3n) is 6.52. The number of hydrogen-bond acceptors (Lipinski definition) is 6. The van der Waals surface area contributed by atoms with E-state index < -0.39 is 10.0 Å². The van der Waals surface area contributed by atoms with E-state index in [1.807, 2.05) is 6.92 Å².